The Morgan fingerprint density at radius 2 is 1.52 bits per heavy atom. The van der Waals surface area contributed by atoms with Gasteiger partial charge in [-0.05, 0) is 35.9 Å². The molecule has 0 radical (unpaired) electrons. The molecule has 0 N–H and O–H groups in total. The summed E-state index contributed by atoms with van der Waals surface area (Å²) in [5, 5.41) is 0. The Morgan fingerprint density at radius 3 is 2.28 bits per heavy atom. The summed E-state index contributed by atoms with van der Waals surface area (Å²) in [5.41, 5.74) is 2.22. The highest BCUT2D eigenvalue weighted by Crippen LogP contribution is 2.42. The van der Waals surface area contributed by atoms with Crippen molar-refractivity contribution < 1.29 is 14.2 Å². The Labute approximate surface area is 147 Å². The molecule has 0 aliphatic carbocycles. The lowest BCUT2D eigenvalue weighted by Crippen LogP contribution is -2.22. The second-order valence-corrected chi connectivity index (χ2v) is 6.07. The van der Waals surface area contributed by atoms with E-state index in [-0.39, 0.29) is 12.2 Å². The van der Waals surface area contributed by atoms with Crippen LogP contribution in [0.25, 0.3) is 0 Å². The van der Waals surface area contributed by atoms with Crippen LogP contribution >= 0.6 is 0 Å². The topological polar surface area (TPSA) is 27.7 Å². The molecule has 25 heavy (non-hydrogen) atoms. The predicted molar refractivity (Wildman–Crippen MR) is 97.2 cm³/mol. The SMILES string of the molecule is COc1ccc([C@H]2C[C@@H](Oc3ccccc3)c3ccccc3O2)cc1. The maximum Gasteiger partial charge on any atom is 0.131 e. The number of rotatable bonds is 4. The number of benzene rings is 3. The van der Waals surface area contributed by atoms with Crippen molar-refractivity contribution >= 4 is 0 Å². The summed E-state index contributed by atoms with van der Waals surface area (Å²) in [6.07, 6.45) is 0.673. The van der Waals surface area contributed by atoms with Crippen LogP contribution in [0.1, 0.15) is 29.8 Å². The summed E-state index contributed by atoms with van der Waals surface area (Å²) in [4.78, 5) is 0. The molecule has 0 bridgehead atoms. The number of fused-ring (bicyclic) bond motifs is 1. The van der Waals surface area contributed by atoms with Crippen LogP contribution < -0.4 is 14.2 Å². The molecule has 0 saturated heterocycles. The molecule has 1 aliphatic heterocycles. The summed E-state index contributed by atoms with van der Waals surface area (Å²) < 4.78 is 17.8. The zero-order valence-electron chi connectivity index (χ0n) is 14.1. The van der Waals surface area contributed by atoms with Gasteiger partial charge in [-0.2, -0.15) is 0 Å². The van der Waals surface area contributed by atoms with Gasteiger partial charge in [0.05, 0.1) is 7.11 Å². The van der Waals surface area contributed by atoms with E-state index >= 15 is 0 Å². The number of hydrogen-bond donors (Lipinski definition) is 0. The zero-order valence-corrected chi connectivity index (χ0v) is 14.1. The van der Waals surface area contributed by atoms with Gasteiger partial charge < -0.3 is 14.2 Å². The Kier molecular flexibility index (Phi) is 4.30. The average Bonchev–Trinajstić information content (AvgIpc) is 2.69. The fourth-order valence-corrected chi connectivity index (χ4v) is 3.17. The molecule has 3 nitrogen and oxygen atoms in total. The van der Waals surface area contributed by atoms with Crippen LogP contribution in [0.3, 0.4) is 0 Å². The van der Waals surface area contributed by atoms with Gasteiger partial charge in [0, 0.05) is 12.0 Å². The van der Waals surface area contributed by atoms with Gasteiger partial charge >= 0.3 is 0 Å². The second-order valence-electron chi connectivity index (χ2n) is 6.07. The normalized spacial score (nSPS) is 18.8. The lowest BCUT2D eigenvalue weighted by atomic mass is 9.94. The average molecular weight is 332 g/mol. The third kappa shape index (κ3) is 3.31. The maximum absolute atomic E-state index is 6.27. The van der Waals surface area contributed by atoms with E-state index < -0.39 is 0 Å². The number of hydrogen-bond acceptors (Lipinski definition) is 3. The Bertz CT molecular complexity index is 827. The molecule has 3 aromatic carbocycles. The van der Waals surface area contributed by atoms with Crippen molar-refractivity contribution in [3.63, 3.8) is 0 Å². The predicted octanol–water partition coefficient (Wildman–Crippen LogP) is 5.34. The van der Waals surface area contributed by atoms with Gasteiger partial charge in [0.25, 0.3) is 0 Å². The summed E-state index contributed by atoms with van der Waals surface area (Å²) in [7, 11) is 1.67. The molecule has 0 saturated carbocycles. The van der Waals surface area contributed by atoms with Crippen LogP contribution in [0.2, 0.25) is 0 Å². The molecule has 126 valence electrons. The van der Waals surface area contributed by atoms with Crippen LogP contribution in [0.5, 0.6) is 17.2 Å². The summed E-state index contributed by atoms with van der Waals surface area (Å²) >= 11 is 0. The molecule has 0 spiro atoms. The molecular weight excluding hydrogens is 312 g/mol. The van der Waals surface area contributed by atoms with Crippen LogP contribution in [-0.2, 0) is 0 Å². The quantitative estimate of drug-likeness (QED) is 0.645. The van der Waals surface area contributed by atoms with Crippen molar-refractivity contribution in [2.45, 2.75) is 18.6 Å². The maximum atomic E-state index is 6.27. The van der Waals surface area contributed by atoms with Crippen molar-refractivity contribution in [2.75, 3.05) is 7.11 Å². The molecule has 1 heterocycles. The minimum atomic E-state index is -0.0467. The molecule has 0 unspecified atom stereocenters. The first kappa shape index (κ1) is 15.6. The molecular formula is C22H20O3. The molecule has 3 heteroatoms. The standard InChI is InChI=1S/C22H20O3/c1-23-17-13-11-16(12-14-17)21-15-22(24-18-7-3-2-4-8-18)19-9-5-6-10-20(19)25-21/h2-14,21-22H,15H2,1H3/t21-,22-/m1/s1. The van der Waals surface area contributed by atoms with E-state index in [4.69, 9.17) is 14.2 Å². The van der Waals surface area contributed by atoms with Gasteiger partial charge in [-0.1, -0.05) is 48.5 Å². The summed E-state index contributed by atoms with van der Waals surface area (Å²) in [6, 6.07) is 26.1. The number of para-hydroxylation sites is 2. The van der Waals surface area contributed by atoms with Gasteiger partial charge in [0.15, 0.2) is 0 Å². The fourth-order valence-electron chi connectivity index (χ4n) is 3.17. The Balaban J connectivity index is 1.63. The van der Waals surface area contributed by atoms with Crippen molar-refractivity contribution in [2.24, 2.45) is 0 Å². The van der Waals surface area contributed by atoms with E-state index in [0.29, 0.717) is 0 Å². The van der Waals surface area contributed by atoms with E-state index in [9.17, 15) is 0 Å². The van der Waals surface area contributed by atoms with Gasteiger partial charge in [0.1, 0.15) is 29.5 Å². The van der Waals surface area contributed by atoms with Crippen molar-refractivity contribution in [3.05, 3.63) is 90.0 Å². The third-order valence-corrected chi connectivity index (χ3v) is 4.47. The first-order valence-corrected chi connectivity index (χ1v) is 8.45. The van der Waals surface area contributed by atoms with E-state index in [1.54, 1.807) is 7.11 Å². The van der Waals surface area contributed by atoms with E-state index in [0.717, 1.165) is 34.8 Å². The van der Waals surface area contributed by atoms with Crippen LogP contribution in [-0.4, -0.2) is 7.11 Å². The van der Waals surface area contributed by atoms with Crippen LogP contribution in [0.15, 0.2) is 78.9 Å². The summed E-state index contributed by atoms with van der Waals surface area (Å²) in [5.74, 6) is 2.60. The van der Waals surface area contributed by atoms with Crippen molar-refractivity contribution in [1.82, 2.24) is 0 Å². The van der Waals surface area contributed by atoms with Gasteiger partial charge in [-0.15, -0.1) is 0 Å². The smallest absolute Gasteiger partial charge is 0.131 e. The summed E-state index contributed by atoms with van der Waals surface area (Å²) in [6.45, 7) is 0. The van der Waals surface area contributed by atoms with E-state index in [1.165, 1.54) is 0 Å². The molecule has 0 amide bonds. The minimum Gasteiger partial charge on any atom is -0.497 e. The molecule has 0 fully saturated rings. The van der Waals surface area contributed by atoms with Crippen molar-refractivity contribution in [1.29, 1.82) is 0 Å². The first-order chi connectivity index (χ1) is 12.3. The number of methoxy groups -OCH3 is 1. The largest absolute Gasteiger partial charge is 0.497 e. The van der Waals surface area contributed by atoms with Gasteiger partial charge in [-0.3, -0.25) is 0 Å². The zero-order chi connectivity index (χ0) is 17.1. The minimum absolute atomic E-state index is 0.0422. The highest BCUT2D eigenvalue weighted by Gasteiger charge is 2.30. The Hall–Kier alpha value is -2.94. The van der Waals surface area contributed by atoms with Crippen molar-refractivity contribution in [3.8, 4) is 17.2 Å². The lowest BCUT2D eigenvalue weighted by molar-refractivity contribution is 0.0809. The molecule has 3 aromatic rings. The monoisotopic (exact) mass is 332 g/mol. The highest BCUT2D eigenvalue weighted by atomic mass is 16.5. The molecule has 2 atom stereocenters. The lowest BCUT2D eigenvalue weighted by Gasteiger charge is -2.32. The molecule has 4 rings (SSSR count). The number of ether oxygens (including phenoxy) is 3. The van der Waals surface area contributed by atoms with E-state index in [1.807, 2.05) is 60.7 Å². The Morgan fingerprint density at radius 1 is 0.800 bits per heavy atom. The molecule has 1 aliphatic rings. The van der Waals surface area contributed by atoms with Gasteiger partial charge in [-0.25, -0.2) is 0 Å². The second kappa shape index (κ2) is 6.89. The highest BCUT2D eigenvalue weighted by molar-refractivity contribution is 5.40. The fraction of sp³-hybridized carbons (Fsp3) is 0.182. The van der Waals surface area contributed by atoms with E-state index in [2.05, 4.69) is 18.2 Å². The first-order valence-electron chi connectivity index (χ1n) is 8.45. The molecule has 0 aromatic heterocycles. The van der Waals surface area contributed by atoms with Gasteiger partial charge in [0.2, 0.25) is 0 Å². The third-order valence-electron chi connectivity index (χ3n) is 4.47. The van der Waals surface area contributed by atoms with Crippen LogP contribution in [0, 0.1) is 0 Å². The van der Waals surface area contributed by atoms with Crippen LogP contribution in [0.4, 0.5) is 0 Å².